The normalized spacial score (nSPS) is 13.2. The molecule has 3 aromatic rings. The highest BCUT2D eigenvalue weighted by Gasteiger charge is 2.43. The topological polar surface area (TPSA) is 89.3 Å². The number of carboxylic acid groups (broad SMARTS) is 1. The fourth-order valence-corrected chi connectivity index (χ4v) is 3.97. The SMILES string of the molecule is CCC(C(=O)O)n1nc(-c2ccc(F)cc2)c(-c2ccc(S(C)(=O)=O)cc2)c1C(F)(F)F. The summed E-state index contributed by atoms with van der Waals surface area (Å²) in [6.07, 6.45) is -4.20. The van der Waals surface area contributed by atoms with E-state index in [1.165, 1.54) is 31.2 Å². The largest absolute Gasteiger partial charge is 0.480 e. The molecule has 1 atom stereocenters. The Labute approximate surface area is 181 Å². The third-order valence-corrected chi connectivity index (χ3v) is 5.96. The summed E-state index contributed by atoms with van der Waals surface area (Å²) in [4.78, 5) is 11.6. The molecular formula is C21H18F4N2O4S. The van der Waals surface area contributed by atoms with Gasteiger partial charge in [0, 0.05) is 17.4 Å². The molecule has 0 aliphatic rings. The van der Waals surface area contributed by atoms with Crippen molar-refractivity contribution in [3.63, 3.8) is 0 Å². The van der Waals surface area contributed by atoms with E-state index in [2.05, 4.69) is 5.10 Å². The number of hydrogen-bond donors (Lipinski definition) is 1. The van der Waals surface area contributed by atoms with Crippen LogP contribution in [0.25, 0.3) is 22.4 Å². The van der Waals surface area contributed by atoms with Crippen LogP contribution >= 0.6 is 0 Å². The smallest absolute Gasteiger partial charge is 0.433 e. The van der Waals surface area contributed by atoms with E-state index in [0.29, 0.717) is 4.68 Å². The predicted molar refractivity (Wildman–Crippen MR) is 108 cm³/mol. The van der Waals surface area contributed by atoms with Crippen LogP contribution in [0.5, 0.6) is 0 Å². The van der Waals surface area contributed by atoms with Crippen LogP contribution in [0.1, 0.15) is 25.1 Å². The number of benzene rings is 2. The highest BCUT2D eigenvalue weighted by atomic mass is 32.2. The van der Waals surface area contributed by atoms with Crippen molar-refractivity contribution in [2.45, 2.75) is 30.5 Å². The molecule has 2 aromatic carbocycles. The number of carboxylic acids is 1. The molecule has 0 spiro atoms. The van der Waals surface area contributed by atoms with Crippen LogP contribution < -0.4 is 0 Å². The molecule has 32 heavy (non-hydrogen) atoms. The van der Waals surface area contributed by atoms with E-state index in [1.54, 1.807) is 0 Å². The monoisotopic (exact) mass is 470 g/mol. The van der Waals surface area contributed by atoms with Gasteiger partial charge < -0.3 is 5.11 Å². The van der Waals surface area contributed by atoms with Gasteiger partial charge in [-0.15, -0.1) is 0 Å². The number of sulfone groups is 1. The lowest BCUT2D eigenvalue weighted by Gasteiger charge is -2.17. The second-order valence-electron chi connectivity index (χ2n) is 7.08. The molecule has 0 saturated carbocycles. The van der Waals surface area contributed by atoms with Crippen molar-refractivity contribution in [1.82, 2.24) is 9.78 Å². The van der Waals surface area contributed by atoms with Gasteiger partial charge in [0.2, 0.25) is 0 Å². The average molecular weight is 470 g/mol. The standard InChI is InChI=1S/C21H18F4N2O4S/c1-3-16(20(28)29)27-19(21(23,24)25)17(12-6-10-15(11-7-12)32(2,30)31)18(26-27)13-4-8-14(22)9-5-13/h4-11,16H,3H2,1-2H3,(H,28,29). The Hall–Kier alpha value is -3.21. The summed E-state index contributed by atoms with van der Waals surface area (Å²) in [6, 6.07) is 7.67. The molecule has 0 amide bonds. The summed E-state index contributed by atoms with van der Waals surface area (Å²) in [5, 5.41) is 13.5. The summed E-state index contributed by atoms with van der Waals surface area (Å²) < 4.78 is 79.9. The molecule has 0 radical (unpaired) electrons. The molecule has 1 heterocycles. The van der Waals surface area contributed by atoms with Crippen LogP contribution in [-0.4, -0.2) is 35.5 Å². The highest BCUT2D eigenvalue weighted by molar-refractivity contribution is 7.90. The maximum atomic E-state index is 14.2. The zero-order valence-corrected chi connectivity index (χ0v) is 17.7. The van der Waals surface area contributed by atoms with E-state index in [1.807, 2.05) is 0 Å². The van der Waals surface area contributed by atoms with Crippen LogP contribution in [0.15, 0.2) is 53.4 Å². The van der Waals surface area contributed by atoms with Crippen molar-refractivity contribution in [2.24, 2.45) is 0 Å². The first-order chi connectivity index (χ1) is 14.8. The van der Waals surface area contributed by atoms with E-state index >= 15 is 0 Å². The minimum atomic E-state index is -4.99. The number of rotatable bonds is 6. The minimum absolute atomic E-state index is 0.0180. The Bertz CT molecular complexity index is 1250. The van der Waals surface area contributed by atoms with Gasteiger partial charge in [-0.05, 0) is 48.4 Å². The molecule has 0 aliphatic heterocycles. The first-order valence-corrected chi connectivity index (χ1v) is 11.2. The number of halogens is 4. The molecule has 0 fully saturated rings. The quantitative estimate of drug-likeness (QED) is 0.522. The van der Waals surface area contributed by atoms with Gasteiger partial charge in [-0.25, -0.2) is 22.3 Å². The van der Waals surface area contributed by atoms with Crippen molar-refractivity contribution < 1.29 is 35.9 Å². The second-order valence-corrected chi connectivity index (χ2v) is 9.10. The molecule has 6 nitrogen and oxygen atoms in total. The summed E-state index contributed by atoms with van der Waals surface area (Å²) in [7, 11) is -3.59. The fraction of sp³-hybridized carbons (Fsp3) is 0.238. The number of alkyl halides is 3. The Balaban J connectivity index is 2.39. The third kappa shape index (κ3) is 4.52. The van der Waals surface area contributed by atoms with Crippen molar-refractivity contribution in [1.29, 1.82) is 0 Å². The van der Waals surface area contributed by atoms with Crippen molar-refractivity contribution >= 4 is 15.8 Å². The van der Waals surface area contributed by atoms with E-state index < -0.39 is 45.1 Å². The second kappa shape index (κ2) is 8.38. The first-order valence-electron chi connectivity index (χ1n) is 9.33. The van der Waals surface area contributed by atoms with Gasteiger partial charge in [0.1, 0.15) is 17.6 Å². The van der Waals surface area contributed by atoms with Crippen molar-refractivity contribution in [2.75, 3.05) is 6.26 Å². The van der Waals surface area contributed by atoms with Gasteiger partial charge in [0.15, 0.2) is 15.5 Å². The maximum Gasteiger partial charge on any atom is 0.433 e. The van der Waals surface area contributed by atoms with Gasteiger partial charge in [0.05, 0.1) is 4.90 Å². The van der Waals surface area contributed by atoms with Gasteiger partial charge in [0.25, 0.3) is 0 Å². The van der Waals surface area contributed by atoms with E-state index in [4.69, 9.17) is 0 Å². The van der Waals surface area contributed by atoms with Gasteiger partial charge in [-0.1, -0.05) is 19.1 Å². The Morgan fingerprint density at radius 1 is 1.06 bits per heavy atom. The molecule has 1 aromatic heterocycles. The molecular weight excluding hydrogens is 452 g/mol. The molecule has 1 N–H and O–H groups in total. The molecule has 0 saturated heterocycles. The lowest BCUT2D eigenvalue weighted by atomic mass is 9.98. The van der Waals surface area contributed by atoms with Crippen LogP contribution in [0.4, 0.5) is 17.6 Å². The number of aliphatic carboxylic acids is 1. The summed E-state index contributed by atoms with van der Waals surface area (Å²) >= 11 is 0. The van der Waals surface area contributed by atoms with Crippen LogP contribution in [0.3, 0.4) is 0 Å². The highest BCUT2D eigenvalue weighted by Crippen LogP contribution is 2.44. The molecule has 170 valence electrons. The molecule has 0 bridgehead atoms. The Morgan fingerprint density at radius 3 is 2.03 bits per heavy atom. The van der Waals surface area contributed by atoms with E-state index in [-0.39, 0.29) is 28.1 Å². The Morgan fingerprint density at radius 2 is 1.59 bits per heavy atom. The molecule has 0 aliphatic carbocycles. The summed E-state index contributed by atoms with van der Waals surface area (Å²) in [5.41, 5.74) is -1.81. The summed E-state index contributed by atoms with van der Waals surface area (Å²) in [5.74, 6) is -2.11. The fourth-order valence-electron chi connectivity index (χ4n) is 3.34. The maximum absolute atomic E-state index is 14.2. The number of hydrogen-bond acceptors (Lipinski definition) is 4. The van der Waals surface area contributed by atoms with E-state index in [9.17, 15) is 35.9 Å². The molecule has 3 rings (SSSR count). The van der Waals surface area contributed by atoms with Crippen molar-refractivity contribution in [3.05, 3.63) is 60.0 Å². The average Bonchev–Trinajstić information content (AvgIpc) is 3.09. The zero-order valence-electron chi connectivity index (χ0n) is 16.9. The lowest BCUT2D eigenvalue weighted by Crippen LogP contribution is -2.25. The minimum Gasteiger partial charge on any atom is -0.480 e. The zero-order chi connectivity index (χ0) is 23.8. The van der Waals surface area contributed by atoms with Crippen LogP contribution in [-0.2, 0) is 20.8 Å². The number of carbonyl (C=O) groups is 1. The summed E-state index contributed by atoms with van der Waals surface area (Å²) in [6.45, 7) is 1.42. The third-order valence-electron chi connectivity index (χ3n) is 4.83. The number of aromatic nitrogens is 2. The van der Waals surface area contributed by atoms with Gasteiger partial charge in [-0.2, -0.15) is 18.3 Å². The Kier molecular flexibility index (Phi) is 6.14. The van der Waals surface area contributed by atoms with Crippen molar-refractivity contribution in [3.8, 4) is 22.4 Å². The lowest BCUT2D eigenvalue weighted by molar-refractivity contribution is -0.149. The van der Waals surface area contributed by atoms with E-state index in [0.717, 1.165) is 30.5 Å². The first kappa shape index (κ1) is 23.5. The van der Waals surface area contributed by atoms with Gasteiger partial charge >= 0.3 is 12.1 Å². The molecule has 1 unspecified atom stereocenters. The van der Waals surface area contributed by atoms with Crippen LogP contribution in [0.2, 0.25) is 0 Å². The molecule has 11 heteroatoms. The number of nitrogens with zero attached hydrogens (tertiary/aromatic N) is 2. The van der Waals surface area contributed by atoms with Crippen LogP contribution in [0, 0.1) is 5.82 Å². The predicted octanol–water partition coefficient (Wildman–Crippen LogP) is 4.81. The van der Waals surface area contributed by atoms with Gasteiger partial charge in [-0.3, -0.25) is 0 Å².